The van der Waals surface area contributed by atoms with Gasteiger partial charge in [-0.05, 0) is 25.0 Å². The fourth-order valence-corrected chi connectivity index (χ4v) is 2.97. The molecule has 0 aromatic heterocycles. The van der Waals surface area contributed by atoms with E-state index in [1.807, 2.05) is 0 Å². The minimum absolute atomic E-state index is 0.128. The number of hydrogen-bond donors (Lipinski definition) is 2. The van der Waals surface area contributed by atoms with Crippen molar-refractivity contribution in [2.75, 3.05) is 0 Å². The third-order valence-corrected chi connectivity index (χ3v) is 4.20. The summed E-state index contributed by atoms with van der Waals surface area (Å²) in [5, 5.41) is 9.02. The summed E-state index contributed by atoms with van der Waals surface area (Å²) in [4.78, 5) is 22.2. The third kappa shape index (κ3) is 3.88. The molecule has 0 unspecified atom stereocenters. The number of hydrogen-bond acceptors (Lipinski definition) is 4. The Morgan fingerprint density at radius 1 is 1.25 bits per heavy atom. The van der Waals surface area contributed by atoms with Gasteiger partial charge in [0.15, 0.2) is 5.78 Å². The Bertz CT molecular complexity index is 621. The molecule has 1 aromatic rings. The fraction of sp³-hybridized carbons (Fsp3) is 0.385. The Morgan fingerprint density at radius 2 is 1.85 bits per heavy atom. The molecular weight excluding hydrogens is 282 g/mol. The highest BCUT2D eigenvalue weighted by Gasteiger charge is 2.28. The second kappa shape index (κ2) is 6.15. The lowest BCUT2D eigenvalue weighted by Gasteiger charge is -2.18. The van der Waals surface area contributed by atoms with E-state index < -0.39 is 28.0 Å². The lowest BCUT2D eigenvalue weighted by Crippen LogP contribution is -2.44. The van der Waals surface area contributed by atoms with Gasteiger partial charge in [0.25, 0.3) is 0 Å². The maximum absolute atomic E-state index is 12.1. The highest BCUT2D eigenvalue weighted by molar-refractivity contribution is 7.89. The number of aliphatic carboxylic acids is 1. The van der Waals surface area contributed by atoms with Crippen LogP contribution in [0.1, 0.15) is 31.1 Å². The molecule has 0 aliphatic rings. The number of nitrogens with one attached hydrogen (secondary N) is 1. The summed E-state index contributed by atoms with van der Waals surface area (Å²) >= 11 is 0. The molecule has 20 heavy (non-hydrogen) atoms. The van der Waals surface area contributed by atoms with Crippen molar-refractivity contribution < 1.29 is 23.1 Å². The van der Waals surface area contributed by atoms with Crippen molar-refractivity contribution in [1.82, 2.24) is 4.72 Å². The first kappa shape index (κ1) is 16.3. The summed E-state index contributed by atoms with van der Waals surface area (Å²) in [5.41, 5.74) is 0.254. The molecule has 2 N–H and O–H groups in total. The van der Waals surface area contributed by atoms with Crippen molar-refractivity contribution in [2.45, 2.75) is 31.7 Å². The van der Waals surface area contributed by atoms with E-state index in [0.29, 0.717) is 0 Å². The van der Waals surface area contributed by atoms with E-state index in [1.165, 1.54) is 31.2 Å². The monoisotopic (exact) mass is 299 g/mol. The van der Waals surface area contributed by atoms with Crippen LogP contribution in [0.15, 0.2) is 29.2 Å². The Kier molecular flexibility index (Phi) is 5.02. The van der Waals surface area contributed by atoms with Crippen LogP contribution >= 0.6 is 0 Å². The lowest BCUT2D eigenvalue weighted by molar-refractivity contribution is -0.140. The molecule has 0 radical (unpaired) electrons. The number of Topliss-reactive ketones (excluding diaryl/α,β-unsaturated/α-hetero) is 1. The number of carbonyl (C=O) groups is 2. The van der Waals surface area contributed by atoms with Crippen LogP contribution in [0.25, 0.3) is 0 Å². The van der Waals surface area contributed by atoms with Crippen LogP contribution in [0, 0.1) is 5.92 Å². The van der Waals surface area contributed by atoms with Gasteiger partial charge in [-0.15, -0.1) is 0 Å². The number of carboxylic acids is 1. The van der Waals surface area contributed by atoms with E-state index >= 15 is 0 Å². The van der Waals surface area contributed by atoms with Gasteiger partial charge in [0.2, 0.25) is 10.0 Å². The Balaban J connectivity index is 3.14. The van der Waals surface area contributed by atoms with Crippen molar-refractivity contribution in [1.29, 1.82) is 0 Å². The zero-order valence-electron chi connectivity index (χ0n) is 11.5. The molecule has 110 valence electrons. The van der Waals surface area contributed by atoms with Gasteiger partial charge in [-0.1, -0.05) is 26.0 Å². The molecule has 0 spiro atoms. The predicted molar refractivity (Wildman–Crippen MR) is 73.0 cm³/mol. The van der Waals surface area contributed by atoms with Gasteiger partial charge in [0, 0.05) is 5.56 Å². The zero-order chi connectivity index (χ0) is 15.5. The molecule has 1 aromatic carbocycles. The van der Waals surface area contributed by atoms with Crippen LogP contribution in [0.4, 0.5) is 0 Å². The molecule has 6 nitrogen and oxygen atoms in total. The smallest absolute Gasteiger partial charge is 0.322 e. The molecule has 0 bridgehead atoms. The number of sulfonamides is 1. The number of rotatable bonds is 6. The molecule has 1 atom stereocenters. The topological polar surface area (TPSA) is 101 Å². The lowest BCUT2D eigenvalue weighted by atomic mass is 10.1. The van der Waals surface area contributed by atoms with Gasteiger partial charge in [0.1, 0.15) is 6.04 Å². The average Bonchev–Trinajstić information content (AvgIpc) is 2.35. The van der Waals surface area contributed by atoms with Crippen molar-refractivity contribution in [3.8, 4) is 0 Å². The van der Waals surface area contributed by atoms with Gasteiger partial charge in [-0.3, -0.25) is 9.59 Å². The third-order valence-electron chi connectivity index (χ3n) is 2.77. The number of ketones is 1. The van der Waals surface area contributed by atoms with Gasteiger partial charge in [0.05, 0.1) is 4.90 Å². The van der Waals surface area contributed by atoms with Crippen molar-refractivity contribution in [3.63, 3.8) is 0 Å². The minimum Gasteiger partial charge on any atom is -0.480 e. The summed E-state index contributed by atoms with van der Waals surface area (Å²) in [6.07, 6.45) is 0. The summed E-state index contributed by atoms with van der Waals surface area (Å²) in [6.45, 7) is 4.54. The molecule has 0 amide bonds. The number of benzene rings is 1. The van der Waals surface area contributed by atoms with Crippen LogP contribution in [-0.4, -0.2) is 31.3 Å². The number of carboxylic acid groups (broad SMARTS) is 1. The van der Waals surface area contributed by atoms with Crippen LogP contribution in [0.2, 0.25) is 0 Å². The molecular formula is C13H17NO5S. The van der Waals surface area contributed by atoms with Gasteiger partial charge in [-0.2, -0.15) is 4.72 Å². The summed E-state index contributed by atoms with van der Waals surface area (Å²) in [7, 11) is -3.99. The molecule has 0 saturated heterocycles. The first-order valence-electron chi connectivity index (χ1n) is 6.01. The molecule has 0 fully saturated rings. The molecule has 1 rings (SSSR count). The Labute approximate surface area is 117 Å². The highest BCUT2D eigenvalue weighted by atomic mass is 32.2. The molecule has 0 aliphatic carbocycles. The standard InChI is InChI=1S/C13H17NO5S/c1-8(2)12(13(16)17)14-20(18,19)11-6-4-5-10(7-11)9(3)15/h4-8,12,14H,1-3H3,(H,16,17)/t12-/m1/s1. The van der Waals surface area contributed by atoms with Crippen LogP contribution in [0.5, 0.6) is 0 Å². The predicted octanol–water partition coefficient (Wildman–Crippen LogP) is 1.28. The minimum atomic E-state index is -3.99. The second-order valence-corrected chi connectivity index (χ2v) is 6.48. The maximum atomic E-state index is 12.1. The van der Waals surface area contributed by atoms with Crippen molar-refractivity contribution in [3.05, 3.63) is 29.8 Å². The highest BCUT2D eigenvalue weighted by Crippen LogP contribution is 2.14. The van der Waals surface area contributed by atoms with E-state index in [2.05, 4.69) is 4.72 Å². The molecule has 0 saturated carbocycles. The summed E-state index contributed by atoms with van der Waals surface area (Å²) < 4.78 is 26.4. The van der Waals surface area contributed by atoms with Crippen molar-refractivity contribution >= 4 is 21.8 Å². The normalized spacial score (nSPS) is 13.2. The Hall–Kier alpha value is -1.73. The molecule has 0 aliphatic heterocycles. The zero-order valence-corrected chi connectivity index (χ0v) is 12.3. The Morgan fingerprint density at radius 3 is 2.30 bits per heavy atom. The fourth-order valence-electron chi connectivity index (χ4n) is 1.59. The number of carbonyl (C=O) groups excluding carboxylic acids is 1. The van der Waals surface area contributed by atoms with E-state index in [1.54, 1.807) is 13.8 Å². The van der Waals surface area contributed by atoms with Gasteiger partial charge < -0.3 is 5.11 Å². The van der Waals surface area contributed by atoms with Gasteiger partial charge >= 0.3 is 5.97 Å². The average molecular weight is 299 g/mol. The van der Waals surface area contributed by atoms with E-state index in [-0.39, 0.29) is 16.2 Å². The van der Waals surface area contributed by atoms with Crippen LogP contribution < -0.4 is 4.72 Å². The molecule has 7 heteroatoms. The van der Waals surface area contributed by atoms with E-state index in [9.17, 15) is 18.0 Å². The summed E-state index contributed by atoms with van der Waals surface area (Å²) in [5.74, 6) is -1.91. The second-order valence-electron chi connectivity index (χ2n) is 4.77. The molecule has 0 heterocycles. The van der Waals surface area contributed by atoms with Crippen molar-refractivity contribution in [2.24, 2.45) is 5.92 Å². The van der Waals surface area contributed by atoms with E-state index in [4.69, 9.17) is 5.11 Å². The van der Waals surface area contributed by atoms with Crippen LogP contribution in [-0.2, 0) is 14.8 Å². The maximum Gasteiger partial charge on any atom is 0.322 e. The van der Waals surface area contributed by atoms with Crippen LogP contribution in [0.3, 0.4) is 0 Å². The first-order chi connectivity index (χ1) is 9.15. The van der Waals surface area contributed by atoms with E-state index in [0.717, 1.165) is 0 Å². The SMILES string of the molecule is CC(=O)c1cccc(S(=O)(=O)N[C@@H](C(=O)O)C(C)C)c1. The first-order valence-corrected chi connectivity index (χ1v) is 7.49. The summed E-state index contributed by atoms with van der Waals surface area (Å²) in [6, 6.07) is 4.26. The quantitative estimate of drug-likeness (QED) is 0.771. The van der Waals surface area contributed by atoms with Gasteiger partial charge in [-0.25, -0.2) is 8.42 Å². The largest absolute Gasteiger partial charge is 0.480 e.